The monoisotopic (exact) mass is 287 g/mol. The van der Waals surface area contributed by atoms with Gasteiger partial charge in [-0.25, -0.2) is 4.79 Å². The van der Waals surface area contributed by atoms with Gasteiger partial charge in [-0.05, 0) is 13.8 Å². The molecule has 2 unspecified atom stereocenters. The lowest BCUT2D eigenvalue weighted by Gasteiger charge is -2.24. The molecule has 3 amide bonds. The Hall–Kier alpha value is -1.83. The normalized spacial score (nSPS) is 22.1. The summed E-state index contributed by atoms with van der Waals surface area (Å²) >= 11 is 0. The molecule has 114 valence electrons. The van der Waals surface area contributed by atoms with Crippen molar-refractivity contribution < 1.29 is 24.2 Å². The van der Waals surface area contributed by atoms with Crippen LogP contribution in [0.5, 0.6) is 0 Å². The molecule has 4 N–H and O–H groups in total. The van der Waals surface area contributed by atoms with Crippen molar-refractivity contribution in [3.05, 3.63) is 0 Å². The first-order valence-corrected chi connectivity index (χ1v) is 6.35. The molecule has 8 nitrogen and oxygen atoms in total. The van der Waals surface area contributed by atoms with E-state index in [1.54, 1.807) is 13.8 Å². The molecule has 1 heterocycles. The third-order valence-corrected chi connectivity index (χ3v) is 3.25. The van der Waals surface area contributed by atoms with Gasteiger partial charge in [0.05, 0.1) is 24.7 Å². The molecule has 0 radical (unpaired) electrons. The van der Waals surface area contributed by atoms with Gasteiger partial charge < -0.3 is 25.8 Å². The zero-order chi connectivity index (χ0) is 15.3. The lowest BCUT2D eigenvalue weighted by molar-refractivity contribution is -0.142. The number of carboxylic acids is 1. The quantitative estimate of drug-likeness (QED) is 0.526. The van der Waals surface area contributed by atoms with Crippen LogP contribution >= 0.6 is 0 Å². The van der Waals surface area contributed by atoms with Crippen LogP contribution in [0, 0.1) is 11.3 Å². The second kappa shape index (κ2) is 6.56. The first-order chi connectivity index (χ1) is 9.27. The summed E-state index contributed by atoms with van der Waals surface area (Å²) in [6, 6.07) is -1.07. The molecule has 20 heavy (non-hydrogen) atoms. The van der Waals surface area contributed by atoms with Crippen LogP contribution in [-0.2, 0) is 14.3 Å². The van der Waals surface area contributed by atoms with Gasteiger partial charge >= 0.3 is 12.0 Å². The molecule has 1 aliphatic rings. The molecule has 1 aliphatic heterocycles. The molecule has 0 aromatic heterocycles. The highest BCUT2D eigenvalue weighted by molar-refractivity contribution is 5.83. The van der Waals surface area contributed by atoms with E-state index < -0.39 is 29.4 Å². The average Bonchev–Trinajstić information content (AvgIpc) is 2.83. The number of hydrogen-bond donors (Lipinski definition) is 4. The zero-order valence-electron chi connectivity index (χ0n) is 11.9. The molecule has 0 aromatic rings. The Morgan fingerprint density at radius 1 is 1.30 bits per heavy atom. The number of urea groups is 1. The SMILES string of the molecule is CNC(=O)C(C)(C)CNC(=O)NC1COCC1C(=O)O. The van der Waals surface area contributed by atoms with Crippen LogP contribution in [0.25, 0.3) is 0 Å². The molecule has 0 aromatic carbocycles. The molecular weight excluding hydrogens is 266 g/mol. The Labute approximate surface area is 117 Å². The summed E-state index contributed by atoms with van der Waals surface area (Å²) in [5.74, 6) is -1.93. The van der Waals surface area contributed by atoms with Crippen molar-refractivity contribution in [1.29, 1.82) is 0 Å². The van der Waals surface area contributed by atoms with Crippen molar-refractivity contribution in [1.82, 2.24) is 16.0 Å². The van der Waals surface area contributed by atoms with Crippen LogP contribution in [-0.4, -0.2) is 55.9 Å². The molecule has 2 atom stereocenters. The number of aliphatic carboxylic acids is 1. The van der Waals surface area contributed by atoms with Crippen LogP contribution in [0.15, 0.2) is 0 Å². The Bertz CT molecular complexity index is 397. The fourth-order valence-corrected chi connectivity index (χ4v) is 1.88. The van der Waals surface area contributed by atoms with Gasteiger partial charge in [-0.1, -0.05) is 0 Å². The molecule has 0 aliphatic carbocycles. The number of nitrogens with one attached hydrogen (secondary N) is 3. The van der Waals surface area contributed by atoms with Crippen molar-refractivity contribution in [2.75, 3.05) is 26.8 Å². The van der Waals surface area contributed by atoms with Crippen LogP contribution in [0.3, 0.4) is 0 Å². The lowest BCUT2D eigenvalue weighted by atomic mass is 9.92. The van der Waals surface area contributed by atoms with E-state index in [9.17, 15) is 14.4 Å². The fraction of sp³-hybridized carbons (Fsp3) is 0.750. The number of carboxylic acid groups (broad SMARTS) is 1. The third-order valence-electron chi connectivity index (χ3n) is 3.25. The van der Waals surface area contributed by atoms with E-state index in [2.05, 4.69) is 16.0 Å². The van der Waals surface area contributed by atoms with Crippen LogP contribution in [0.4, 0.5) is 4.79 Å². The maximum atomic E-state index is 11.7. The highest BCUT2D eigenvalue weighted by atomic mass is 16.5. The van der Waals surface area contributed by atoms with Gasteiger partial charge in [0, 0.05) is 13.6 Å². The topological polar surface area (TPSA) is 117 Å². The maximum Gasteiger partial charge on any atom is 0.315 e. The lowest BCUT2D eigenvalue weighted by Crippen LogP contribution is -2.51. The van der Waals surface area contributed by atoms with E-state index in [1.165, 1.54) is 7.05 Å². The summed E-state index contributed by atoms with van der Waals surface area (Å²) in [6.07, 6.45) is 0. The number of amides is 3. The number of rotatable bonds is 5. The molecule has 8 heteroatoms. The summed E-state index contributed by atoms with van der Waals surface area (Å²) in [6.45, 7) is 3.80. The zero-order valence-corrected chi connectivity index (χ0v) is 11.9. The van der Waals surface area contributed by atoms with E-state index in [0.29, 0.717) is 0 Å². The second-order valence-corrected chi connectivity index (χ2v) is 5.38. The predicted molar refractivity (Wildman–Crippen MR) is 70.1 cm³/mol. The van der Waals surface area contributed by atoms with E-state index in [-0.39, 0.29) is 25.7 Å². The largest absolute Gasteiger partial charge is 0.481 e. The molecule has 1 fully saturated rings. The van der Waals surface area contributed by atoms with Gasteiger partial charge in [0.25, 0.3) is 0 Å². The van der Waals surface area contributed by atoms with E-state index >= 15 is 0 Å². The van der Waals surface area contributed by atoms with Crippen molar-refractivity contribution in [3.8, 4) is 0 Å². The Kier molecular flexibility index (Phi) is 5.32. The third kappa shape index (κ3) is 4.09. The van der Waals surface area contributed by atoms with Crippen LogP contribution in [0.2, 0.25) is 0 Å². The van der Waals surface area contributed by atoms with Gasteiger partial charge in [-0.3, -0.25) is 9.59 Å². The van der Waals surface area contributed by atoms with E-state index in [4.69, 9.17) is 9.84 Å². The van der Waals surface area contributed by atoms with Crippen molar-refractivity contribution in [3.63, 3.8) is 0 Å². The standard InChI is InChI=1S/C12H21N3O5/c1-12(2,10(18)13-3)6-14-11(19)15-8-5-20-4-7(8)9(16)17/h7-8H,4-6H2,1-3H3,(H,13,18)(H,16,17)(H2,14,15,19). The summed E-state index contributed by atoms with van der Waals surface area (Å²) < 4.78 is 5.05. The first-order valence-electron chi connectivity index (χ1n) is 6.35. The minimum absolute atomic E-state index is 0.0873. The molecule has 1 saturated heterocycles. The highest BCUT2D eigenvalue weighted by Gasteiger charge is 2.35. The molecule has 0 bridgehead atoms. The number of ether oxygens (including phenoxy) is 1. The van der Waals surface area contributed by atoms with Crippen molar-refractivity contribution >= 4 is 17.9 Å². The minimum Gasteiger partial charge on any atom is -0.481 e. The molecule has 0 spiro atoms. The second-order valence-electron chi connectivity index (χ2n) is 5.38. The van der Waals surface area contributed by atoms with E-state index in [0.717, 1.165) is 0 Å². The maximum absolute atomic E-state index is 11.7. The summed E-state index contributed by atoms with van der Waals surface area (Å²) in [7, 11) is 1.53. The van der Waals surface area contributed by atoms with E-state index in [1.807, 2.05) is 0 Å². The highest BCUT2D eigenvalue weighted by Crippen LogP contribution is 2.15. The average molecular weight is 287 g/mol. The van der Waals surface area contributed by atoms with Gasteiger partial charge in [0.2, 0.25) is 5.91 Å². The Morgan fingerprint density at radius 3 is 2.50 bits per heavy atom. The van der Waals surface area contributed by atoms with Crippen molar-refractivity contribution in [2.24, 2.45) is 11.3 Å². The van der Waals surface area contributed by atoms with Gasteiger partial charge in [0.1, 0.15) is 5.92 Å². The molecule has 0 saturated carbocycles. The van der Waals surface area contributed by atoms with Gasteiger partial charge in [-0.15, -0.1) is 0 Å². The summed E-state index contributed by atoms with van der Waals surface area (Å²) in [4.78, 5) is 34.2. The molecular formula is C12H21N3O5. The van der Waals surface area contributed by atoms with Gasteiger partial charge in [0.15, 0.2) is 0 Å². The first kappa shape index (κ1) is 16.2. The predicted octanol–water partition coefficient (Wildman–Crippen LogP) is -0.843. The van der Waals surface area contributed by atoms with Crippen LogP contribution in [0.1, 0.15) is 13.8 Å². The summed E-state index contributed by atoms with van der Waals surface area (Å²) in [5, 5.41) is 16.6. The Morgan fingerprint density at radius 2 is 1.95 bits per heavy atom. The smallest absolute Gasteiger partial charge is 0.315 e. The van der Waals surface area contributed by atoms with Gasteiger partial charge in [-0.2, -0.15) is 0 Å². The Balaban J connectivity index is 2.44. The molecule has 1 rings (SSSR count). The minimum atomic E-state index is -1.00. The summed E-state index contributed by atoms with van der Waals surface area (Å²) in [5.41, 5.74) is -0.746. The number of carbonyl (C=O) groups is 3. The number of hydrogen-bond acceptors (Lipinski definition) is 4. The fourth-order valence-electron chi connectivity index (χ4n) is 1.88. The number of carbonyl (C=O) groups excluding carboxylic acids is 2. The van der Waals surface area contributed by atoms with Crippen LogP contribution < -0.4 is 16.0 Å². The van der Waals surface area contributed by atoms with Crippen molar-refractivity contribution in [2.45, 2.75) is 19.9 Å².